The Kier molecular flexibility index (Phi) is 15.4. The molecule has 8 aromatic carbocycles. The van der Waals surface area contributed by atoms with Crippen molar-refractivity contribution in [2.75, 3.05) is 20.0 Å². The van der Waals surface area contributed by atoms with Crippen molar-refractivity contribution >= 4 is 144 Å². The zero-order valence-electron chi connectivity index (χ0n) is 40.6. The van der Waals surface area contributed by atoms with E-state index in [1.54, 1.807) is 0 Å². The lowest BCUT2D eigenvalue weighted by Gasteiger charge is -2.14. The molecule has 11 N–H and O–H groups in total. The molecule has 38 heteroatoms. The predicted octanol–water partition coefficient (Wildman–Crippen LogP) is 9.00. The fourth-order valence-electron chi connectivity index (χ4n) is 7.73. The maximum absolute atomic E-state index is 12.8. The zero-order chi connectivity index (χ0) is 60.4. The van der Waals surface area contributed by atoms with Crippen LogP contribution in [0, 0.1) is 0 Å². The predicted molar refractivity (Wildman–Crippen MR) is 283 cm³/mol. The van der Waals surface area contributed by atoms with Gasteiger partial charge in [0.25, 0.3) is 60.7 Å². The summed E-state index contributed by atoms with van der Waals surface area (Å²) in [4.78, 5) is -6.30. The number of hydrogen-bond donors (Lipinski definition) is 10. The van der Waals surface area contributed by atoms with E-state index in [4.69, 9.17) is 15.2 Å². The largest absolute Gasteiger partial charge is 0.505 e. The van der Waals surface area contributed by atoms with Crippen molar-refractivity contribution < 1.29 is 103 Å². The normalized spacial score (nSPS) is 13.2. The number of hydrogen-bond acceptors (Lipinski definition) is 26. The summed E-state index contributed by atoms with van der Waals surface area (Å²) in [6.07, 6.45) is 0. The number of benzene rings is 8. The summed E-state index contributed by atoms with van der Waals surface area (Å²) in [5, 5.41) is 61.9. The van der Waals surface area contributed by atoms with Crippen molar-refractivity contribution in [3.05, 3.63) is 97.1 Å². The van der Waals surface area contributed by atoms with E-state index in [9.17, 15) is 93.1 Å². The molecule has 0 radical (unpaired) electrons. The molecule has 0 atom stereocenters. The van der Waals surface area contributed by atoms with Crippen molar-refractivity contribution in [2.45, 2.75) is 29.4 Å². The number of aromatic hydroxyl groups is 3. The first kappa shape index (κ1) is 59.3. The van der Waals surface area contributed by atoms with Crippen LogP contribution in [0.5, 0.6) is 28.7 Å². The molecule has 82 heavy (non-hydrogen) atoms. The first-order valence-electron chi connectivity index (χ1n) is 21.6. The molecule has 32 nitrogen and oxygen atoms in total. The molecule has 0 fully saturated rings. The fraction of sp³-hybridized carbons (Fsp3) is 0.0455. The number of phenolic OH excluding ortho intramolecular Hbond substituents is 3. The molecule has 0 heterocycles. The maximum Gasteiger partial charge on any atom is 0.296 e. The highest BCUT2D eigenvalue weighted by atomic mass is 32.2. The molecule has 0 saturated carbocycles. The van der Waals surface area contributed by atoms with Gasteiger partial charge in [0.1, 0.15) is 75.0 Å². The summed E-state index contributed by atoms with van der Waals surface area (Å²) in [6, 6.07) is 15.1. The number of nitrogen functional groups attached to an aromatic ring is 1. The van der Waals surface area contributed by atoms with Crippen LogP contribution in [-0.4, -0.2) is 107 Å². The summed E-state index contributed by atoms with van der Waals surface area (Å²) in [5.41, 5.74) is -0.293. The zero-order valence-corrected chi connectivity index (χ0v) is 45.5. The third-order valence-corrected chi connectivity index (χ3v) is 16.7. The monoisotopic (exact) mass is 1250 g/mol. The quantitative estimate of drug-likeness (QED) is 0.0245. The van der Waals surface area contributed by atoms with Crippen LogP contribution in [0.15, 0.2) is 167 Å². The molecule has 0 aliphatic heterocycles. The van der Waals surface area contributed by atoms with Gasteiger partial charge in [-0.25, -0.2) is 0 Å². The Morgan fingerprint density at radius 2 is 0.720 bits per heavy atom. The number of phenols is 3. The van der Waals surface area contributed by atoms with E-state index in [0.29, 0.717) is 12.1 Å². The van der Waals surface area contributed by atoms with Crippen LogP contribution in [0.1, 0.15) is 0 Å². The van der Waals surface area contributed by atoms with Crippen molar-refractivity contribution in [2.24, 2.45) is 40.9 Å². The van der Waals surface area contributed by atoms with Crippen LogP contribution in [-0.2, 0) is 60.7 Å². The molecular formula is C44H33N9O23S6. The summed E-state index contributed by atoms with van der Waals surface area (Å²) in [7, 11) is -29.1. The summed E-state index contributed by atoms with van der Waals surface area (Å²) in [5.74, 6) is -3.36. The number of ether oxygens (including phenoxy) is 2. The van der Waals surface area contributed by atoms with Gasteiger partial charge in [-0.05, 0) is 95.0 Å². The molecule has 0 unspecified atom stereocenters. The number of anilines is 1. The first-order chi connectivity index (χ1) is 38.0. The standard InChI is InChI=1S/C44H33N9O23S6/c1-75-24-6-9-28(30(17-24)77(57,58)59)48-52-39-34(81(69,70)71)13-20-11-22(5-8-26(20)42(39)54)46-51-41-35(82(72,73)74)15-21-14-32(79(63,64)65)38(37(45)36(21)44(41)56)50-47-23-4-3-19-12-33(80(66,67)68)40(43(55)27(19)16-23)53-49-29-10-7-25(76-2)18-31(29)78(60,61)62/h3-18,54-56H,45H2,1-2H3,(H,57,58,59)(H,60,61,62)(H,63,64,65)(H,66,67,68)(H,69,70,71)(H,72,73,74)/b50-47-,51-46?,52-48-,53-49-. The van der Waals surface area contributed by atoms with E-state index < -0.39 is 158 Å². The van der Waals surface area contributed by atoms with Crippen LogP contribution >= 0.6 is 0 Å². The van der Waals surface area contributed by atoms with Gasteiger partial charge in [-0.1, -0.05) is 6.07 Å². The smallest absolute Gasteiger partial charge is 0.296 e. The summed E-state index contributed by atoms with van der Waals surface area (Å²) < 4.78 is 220. The van der Waals surface area contributed by atoms with Crippen LogP contribution in [0.25, 0.3) is 32.3 Å². The summed E-state index contributed by atoms with van der Waals surface area (Å²) >= 11 is 0. The van der Waals surface area contributed by atoms with Crippen LogP contribution in [0.4, 0.5) is 51.2 Å². The Bertz CT molecular complexity index is 4950. The van der Waals surface area contributed by atoms with E-state index in [2.05, 4.69) is 40.9 Å². The molecular weight excluding hydrogens is 1210 g/mol. The summed E-state index contributed by atoms with van der Waals surface area (Å²) in [6.45, 7) is 0. The molecule has 0 aliphatic rings. The van der Waals surface area contributed by atoms with Crippen LogP contribution in [0.2, 0.25) is 0 Å². The lowest BCUT2D eigenvalue weighted by atomic mass is 10.0. The number of fused-ring (bicyclic) bond motifs is 3. The highest BCUT2D eigenvalue weighted by Crippen LogP contribution is 2.50. The second-order valence-electron chi connectivity index (χ2n) is 16.6. The van der Waals surface area contributed by atoms with E-state index in [0.717, 1.165) is 72.8 Å². The Morgan fingerprint density at radius 1 is 0.354 bits per heavy atom. The fourth-order valence-corrected chi connectivity index (χ4v) is 11.6. The highest BCUT2D eigenvalue weighted by Gasteiger charge is 2.30. The van der Waals surface area contributed by atoms with Crippen LogP contribution in [0.3, 0.4) is 0 Å². The highest BCUT2D eigenvalue weighted by molar-refractivity contribution is 7.87. The van der Waals surface area contributed by atoms with Gasteiger partial charge in [0.05, 0.1) is 36.7 Å². The third-order valence-electron chi connectivity index (χ3n) is 11.4. The van der Waals surface area contributed by atoms with Crippen LogP contribution < -0.4 is 15.2 Å². The minimum Gasteiger partial charge on any atom is -0.505 e. The molecule has 8 aromatic rings. The minimum atomic E-state index is -5.47. The third kappa shape index (κ3) is 12.0. The number of nitrogens with zero attached hydrogens (tertiary/aromatic N) is 8. The van der Waals surface area contributed by atoms with E-state index in [-0.39, 0.29) is 44.4 Å². The van der Waals surface area contributed by atoms with Crippen molar-refractivity contribution in [1.29, 1.82) is 0 Å². The minimum absolute atomic E-state index is 0.0467. The van der Waals surface area contributed by atoms with Gasteiger partial charge in [-0.15, -0.1) is 30.7 Å². The van der Waals surface area contributed by atoms with Gasteiger partial charge in [0.15, 0.2) is 17.2 Å². The Labute approximate surface area is 460 Å². The number of rotatable bonds is 16. The Hall–Kier alpha value is -8.80. The second kappa shape index (κ2) is 21.3. The molecule has 0 aromatic heterocycles. The average molecular weight is 1250 g/mol. The maximum atomic E-state index is 12.8. The van der Waals surface area contributed by atoms with Gasteiger partial charge in [-0.3, -0.25) is 27.3 Å². The molecule has 428 valence electrons. The molecule has 0 spiro atoms. The molecule has 0 saturated heterocycles. The lowest BCUT2D eigenvalue weighted by molar-refractivity contribution is 0.412. The van der Waals surface area contributed by atoms with Crippen molar-refractivity contribution in [3.63, 3.8) is 0 Å². The average Bonchev–Trinajstić information content (AvgIpc) is 1.58. The molecule has 0 bridgehead atoms. The van der Waals surface area contributed by atoms with Gasteiger partial charge in [0, 0.05) is 22.9 Å². The van der Waals surface area contributed by atoms with Gasteiger partial charge >= 0.3 is 0 Å². The second-order valence-corrected chi connectivity index (χ2v) is 24.9. The first-order valence-corrected chi connectivity index (χ1v) is 30.2. The molecule has 0 aliphatic carbocycles. The molecule has 0 amide bonds. The van der Waals surface area contributed by atoms with E-state index >= 15 is 0 Å². The van der Waals surface area contributed by atoms with Crippen molar-refractivity contribution in [3.8, 4) is 28.7 Å². The van der Waals surface area contributed by atoms with E-state index in [1.165, 1.54) is 26.4 Å². The SMILES string of the molecule is COc1ccc(/N=N\c2c(S(=O)(=O)O)cc3cc(N=Nc4c(S(=O)(=O)O)cc5cc(S(=O)(=O)O)c(/N=N\c6ccc7cc(S(=O)(=O)O)c(/N=N\c8ccc(OC)cc8S(=O)(=O)O)c(O)c7c6)c(N)c5c4O)ccc3c2O)c(S(=O)(=O)O)c1. The Balaban J connectivity index is 1.22. The topological polar surface area (TPSA) is 530 Å². The van der Waals surface area contributed by atoms with Gasteiger partial charge < -0.3 is 30.5 Å². The Morgan fingerprint density at radius 3 is 1.17 bits per heavy atom. The van der Waals surface area contributed by atoms with Crippen molar-refractivity contribution in [1.82, 2.24) is 0 Å². The number of azo groups is 4. The van der Waals surface area contributed by atoms with Gasteiger partial charge in [-0.2, -0.15) is 60.7 Å². The number of methoxy groups -OCH3 is 2. The van der Waals surface area contributed by atoms with Gasteiger partial charge in [0.2, 0.25) is 0 Å². The number of nitrogens with two attached hydrogens (primary N) is 1. The van der Waals surface area contributed by atoms with E-state index in [1.807, 2.05) is 0 Å². The molecule has 8 rings (SSSR count). The lowest BCUT2D eigenvalue weighted by Crippen LogP contribution is -2.03.